The molecule has 8 aliphatic rings. The molecule has 4 saturated heterocycles. The van der Waals surface area contributed by atoms with Gasteiger partial charge in [-0.3, -0.25) is 63.6 Å². The molecule has 2 aromatic carbocycles. The number of thioether (sulfide) groups is 2. The van der Waals surface area contributed by atoms with E-state index in [-0.39, 0.29) is 58.1 Å². The van der Waals surface area contributed by atoms with Crippen molar-refractivity contribution >= 4 is 96.5 Å². The van der Waals surface area contributed by atoms with E-state index in [0.717, 1.165) is 42.8 Å². The maximum atomic E-state index is 13.8. The van der Waals surface area contributed by atoms with E-state index in [4.69, 9.17) is 24.0 Å². The Balaban J connectivity index is 0.000000151. The molecule has 6 unspecified atom stereocenters. The average molecular weight is 1220 g/mol. The summed E-state index contributed by atoms with van der Waals surface area (Å²) in [5, 5.41) is 33.1. The number of β-lactam (4-membered cyclic amide) rings is 2. The van der Waals surface area contributed by atoms with Gasteiger partial charge in [-0.2, -0.15) is 5.10 Å². The van der Waals surface area contributed by atoms with Gasteiger partial charge in [-0.1, -0.05) is 31.9 Å². The zero-order chi connectivity index (χ0) is 54.9. The van der Waals surface area contributed by atoms with Crippen LogP contribution in [0.2, 0.25) is 0 Å². The van der Waals surface area contributed by atoms with Crippen molar-refractivity contribution in [3.8, 4) is 5.88 Å². The van der Waals surface area contributed by atoms with Gasteiger partial charge in [0, 0.05) is 110 Å². The molecule has 10 heterocycles. The van der Waals surface area contributed by atoms with Crippen LogP contribution in [0.15, 0.2) is 70.7 Å². The Bertz CT molecular complexity index is 3170. The summed E-state index contributed by atoms with van der Waals surface area (Å²) in [6.45, 7) is 1.18. The molecule has 0 saturated carbocycles. The number of aryl methyl sites for hydroxylation is 2. The molecule has 8 aliphatic heterocycles. The number of alkyl halides is 2. The number of ether oxygens (including phenoxy) is 4. The topological polar surface area (TPSA) is 257 Å². The van der Waals surface area contributed by atoms with Crippen LogP contribution >= 0.6 is 55.4 Å². The van der Waals surface area contributed by atoms with Crippen LogP contribution in [0.1, 0.15) is 90.1 Å². The second kappa shape index (κ2) is 21.3. The van der Waals surface area contributed by atoms with Crippen LogP contribution in [0.5, 0.6) is 5.88 Å². The summed E-state index contributed by atoms with van der Waals surface area (Å²) < 4.78 is 24.3. The molecule has 0 radical (unpaired) electrons. The standard InChI is InChI=1S/C26H26BrN5O7S.C13H9BrN2O5S.C11H17N3O/c1-13(33)39-22(21-20-17-9-8-16(29(17)2)10-18(20)30(3)28-21)26(27)24(35)31-19(12-40-25(26)31)23(34)38-11-14-4-6-15(7-5-14)32(36)37;14-10-11(17)15-9(6-22-12(10)15)13(18)21-5-7-1-3-8(4-2-7)16(19)20;1-13-7-4-5-8(13)10-9(6-7)14(2)12-11(10)15-3/h4-7,12,16-17,22,25H,8-11H2,1-3H3;1-4,6,10,12H,5H2;7-8H,4-6H2,1-3H3/t16?,17?,22?,25-,26?;10-,12+;/m10./s1. The number of aromatic nitrogens is 4. The lowest BCUT2D eigenvalue weighted by molar-refractivity contribution is -0.385. The van der Waals surface area contributed by atoms with E-state index in [2.05, 4.69) is 60.9 Å². The van der Waals surface area contributed by atoms with Gasteiger partial charge >= 0.3 is 17.9 Å². The molecule has 12 rings (SSSR count). The maximum absolute atomic E-state index is 13.8. The van der Waals surface area contributed by atoms with Crippen LogP contribution in [0.3, 0.4) is 0 Å². The Morgan fingerprint density at radius 3 is 1.77 bits per heavy atom. The van der Waals surface area contributed by atoms with E-state index in [1.165, 1.54) is 113 Å². The maximum Gasteiger partial charge on any atom is 0.355 e. The third-order valence-electron chi connectivity index (χ3n) is 15.4. The van der Waals surface area contributed by atoms with Crippen molar-refractivity contribution in [1.29, 1.82) is 0 Å². The SMILES string of the molecule is CC(=O)OC(c1nn(C)c2c1C1CCC(C2)N1C)C1(Br)C(=O)N2C(C(=O)OCc3ccc([N+](=O)[O-])cc3)=CS[C@@H]21.COc1nn(C)c2c1C1CCC(C2)N1C.O=C(OCc1ccc([N+](=O)[O-])cc1)C1=CS[C@@H]2[C@@H](Br)C(=O)N12. The van der Waals surface area contributed by atoms with Crippen molar-refractivity contribution < 1.29 is 52.8 Å². The second-order valence-corrected chi connectivity index (χ2v) is 23.9. The van der Waals surface area contributed by atoms with Gasteiger partial charge in [0.25, 0.3) is 17.3 Å². The highest BCUT2D eigenvalue weighted by Crippen LogP contribution is 2.59. The molecular formula is C50H52Br2N10O13S2. The minimum atomic E-state index is -1.34. The van der Waals surface area contributed by atoms with Crippen molar-refractivity contribution in [2.45, 2.75) is 109 Å². The molecule has 2 amide bonds. The number of hydrogen-bond donors (Lipinski definition) is 0. The van der Waals surface area contributed by atoms with Gasteiger partial charge in [0.05, 0.1) is 22.5 Å². The number of non-ortho nitro benzene ring substituents is 2. The third-order valence-corrected chi connectivity index (χ3v) is 20.5. The summed E-state index contributed by atoms with van der Waals surface area (Å²) in [7, 11) is 9.92. The van der Waals surface area contributed by atoms with Gasteiger partial charge in [-0.05, 0) is 75.2 Å². The number of hydrogen-bond acceptors (Lipinski definition) is 19. The van der Waals surface area contributed by atoms with E-state index in [9.17, 15) is 44.2 Å². The monoisotopic (exact) mass is 1220 g/mol. The predicted molar refractivity (Wildman–Crippen MR) is 285 cm³/mol. The fourth-order valence-electron chi connectivity index (χ4n) is 11.4. The quantitative estimate of drug-likeness (QED) is 0.0364. The first-order valence-corrected chi connectivity index (χ1v) is 28.1. The number of fused-ring (bicyclic) bond motifs is 10. The zero-order valence-corrected chi connectivity index (χ0v) is 47.2. The van der Waals surface area contributed by atoms with E-state index >= 15 is 0 Å². The summed E-state index contributed by atoms with van der Waals surface area (Å²) in [6.07, 6.45) is 5.52. The van der Waals surface area contributed by atoms with Crippen LogP contribution in [0, 0.1) is 20.2 Å². The minimum absolute atomic E-state index is 0.0106. The van der Waals surface area contributed by atoms with Crippen molar-refractivity contribution in [1.82, 2.24) is 39.2 Å². The fourth-order valence-corrected chi connectivity index (χ4v) is 15.5. The molecule has 2 aromatic heterocycles. The largest absolute Gasteiger partial charge is 0.480 e. The second-order valence-electron chi connectivity index (χ2n) is 19.7. The number of carbonyl (C=O) groups excluding carboxylic acids is 5. The molecule has 23 nitrogen and oxygen atoms in total. The Hall–Kier alpha value is -6.13. The summed E-state index contributed by atoms with van der Waals surface area (Å²) >= 11 is 9.55. The summed E-state index contributed by atoms with van der Waals surface area (Å²) in [5.74, 6) is -1.59. The molecule has 4 fully saturated rings. The van der Waals surface area contributed by atoms with E-state index in [1.807, 2.05) is 23.5 Å². The molecule has 27 heteroatoms. The molecule has 0 aliphatic carbocycles. The fraction of sp³-hybridized carbons (Fsp3) is 0.460. The zero-order valence-electron chi connectivity index (χ0n) is 42.4. The lowest BCUT2D eigenvalue weighted by Crippen LogP contribution is -2.70. The lowest BCUT2D eigenvalue weighted by Gasteiger charge is -2.51. The minimum Gasteiger partial charge on any atom is -0.480 e. The van der Waals surface area contributed by atoms with Crippen molar-refractivity contribution in [3.05, 3.63) is 130 Å². The number of nitro benzene ring substituents is 2. The van der Waals surface area contributed by atoms with Crippen LogP contribution in [-0.4, -0.2) is 132 Å². The number of nitrogens with zero attached hydrogens (tertiary/aromatic N) is 10. The molecule has 4 aromatic rings. The number of nitro groups is 2. The predicted octanol–water partition coefficient (Wildman–Crippen LogP) is 6.54. The van der Waals surface area contributed by atoms with Crippen LogP contribution in [-0.2, 0) is 78.3 Å². The van der Waals surface area contributed by atoms with Crippen LogP contribution in [0.4, 0.5) is 11.4 Å². The molecule has 4 bridgehead atoms. The molecule has 0 spiro atoms. The Labute approximate surface area is 466 Å². The van der Waals surface area contributed by atoms with Crippen molar-refractivity contribution in [2.75, 3.05) is 21.2 Å². The van der Waals surface area contributed by atoms with Crippen LogP contribution in [0.25, 0.3) is 0 Å². The van der Waals surface area contributed by atoms with Gasteiger partial charge in [0.15, 0.2) is 10.4 Å². The number of rotatable bonds is 12. The Morgan fingerprint density at radius 1 is 0.753 bits per heavy atom. The molecule has 77 heavy (non-hydrogen) atoms. The first-order chi connectivity index (χ1) is 36.7. The van der Waals surface area contributed by atoms with Gasteiger partial charge in [0.2, 0.25) is 11.8 Å². The molecule has 9 atom stereocenters. The van der Waals surface area contributed by atoms with Crippen molar-refractivity contribution in [3.63, 3.8) is 0 Å². The normalized spacial score (nSPS) is 26.4. The molecule has 406 valence electrons. The summed E-state index contributed by atoms with van der Waals surface area (Å²) in [4.78, 5) is 90.4. The van der Waals surface area contributed by atoms with E-state index < -0.39 is 49.5 Å². The molecule has 0 N–H and O–H groups in total. The van der Waals surface area contributed by atoms with Gasteiger partial charge < -0.3 is 18.9 Å². The first-order valence-electron chi connectivity index (χ1n) is 24.5. The smallest absolute Gasteiger partial charge is 0.355 e. The number of esters is 3. The number of carbonyl (C=O) groups is 5. The van der Waals surface area contributed by atoms with Gasteiger partial charge in [-0.15, -0.1) is 28.6 Å². The van der Waals surface area contributed by atoms with E-state index in [1.54, 1.807) is 17.9 Å². The summed E-state index contributed by atoms with van der Waals surface area (Å²) in [5.41, 5.74) is 6.79. The number of likely N-dealkylation sites (N-methyl/N-ethyl adjacent to an activating group) is 2. The summed E-state index contributed by atoms with van der Waals surface area (Å²) in [6, 6.07) is 13.2. The Kier molecular flexibility index (Phi) is 15.0. The van der Waals surface area contributed by atoms with E-state index in [0.29, 0.717) is 34.9 Å². The first kappa shape index (κ1) is 54.2. The highest BCUT2D eigenvalue weighted by atomic mass is 79.9. The third kappa shape index (κ3) is 9.52. The number of methoxy groups -OCH3 is 1. The highest BCUT2D eigenvalue weighted by molar-refractivity contribution is 9.10. The van der Waals surface area contributed by atoms with Gasteiger partial charge in [0.1, 0.15) is 45.9 Å². The molecular weight excluding hydrogens is 1170 g/mol. The number of amides is 2. The highest BCUT2D eigenvalue weighted by Gasteiger charge is 2.70. The van der Waals surface area contributed by atoms with Crippen LogP contribution < -0.4 is 4.74 Å². The lowest BCUT2D eigenvalue weighted by atomic mass is 9.85. The Morgan fingerprint density at radius 2 is 1.25 bits per heavy atom. The number of benzene rings is 2. The van der Waals surface area contributed by atoms with Gasteiger partial charge in [-0.25, -0.2) is 9.59 Å². The number of halogens is 2. The average Bonchev–Trinajstić information content (AvgIpc) is 4.26. The van der Waals surface area contributed by atoms with Crippen molar-refractivity contribution in [2.24, 2.45) is 14.1 Å².